The minimum absolute atomic E-state index is 0.0537. The molecule has 1 unspecified atom stereocenters. The van der Waals surface area contributed by atoms with Crippen LogP contribution in [0.3, 0.4) is 0 Å². The highest BCUT2D eigenvalue weighted by molar-refractivity contribution is 5.23. The number of nitrogen functional groups attached to an aromatic ring is 1. The molecule has 0 aliphatic carbocycles. The summed E-state index contributed by atoms with van der Waals surface area (Å²) in [5.41, 5.74) is 4.63. The molecule has 2 heterocycles. The highest BCUT2D eigenvalue weighted by atomic mass is 16.6. The third-order valence-electron chi connectivity index (χ3n) is 2.64. The first-order valence-electron chi connectivity index (χ1n) is 5.01. The Morgan fingerprint density at radius 1 is 1.47 bits per heavy atom. The van der Waals surface area contributed by atoms with Crippen LogP contribution in [0.15, 0.2) is 17.1 Å². The fourth-order valence-electron chi connectivity index (χ4n) is 1.73. The zero-order valence-corrected chi connectivity index (χ0v) is 8.80. The summed E-state index contributed by atoms with van der Waals surface area (Å²) in [5, 5.41) is 28.2. The number of ether oxygens (including phenoxy) is 1. The molecule has 0 saturated carbocycles. The maximum atomic E-state index is 11.5. The molecule has 1 aliphatic heterocycles. The van der Waals surface area contributed by atoms with Crippen LogP contribution in [0.2, 0.25) is 0 Å². The highest BCUT2D eigenvalue weighted by Crippen LogP contribution is 2.27. The summed E-state index contributed by atoms with van der Waals surface area (Å²) in [5.74, 6) is 0.0537. The summed E-state index contributed by atoms with van der Waals surface area (Å²) >= 11 is 0. The van der Waals surface area contributed by atoms with Crippen LogP contribution in [0.4, 0.5) is 5.82 Å². The number of nitrogens with two attached hydrogens (primary N) is 1. The normalized spacial score (nSPS) is 32.9. The molecule has 17 heavy (non-hydrogen) atoms. The van der Waals surface area contributed by atoms with Crippen molar-refractivity contribution in [2.45, 2.75) is 24.5 Å². The summed E-state index contributed by atoms with van der Waals surface area (Å²) in [4.78, 5) is 15.0. The molecule has 8 heteroatoms. The minimum Gasteiger partial charge on any atom is -0.394 e. The van der Waals surface area contributed by atoms with Crippen molar-refractivity contribution in [3.05, 3.63) is 22.7 Å². The van der Waals surface area contributed by atoms with E-state index in [1.54, 1.807) is 0 Å². The second-order valence-electron chi connectivity index (χ2n) is 3.77. The van der Waals surface area contributed by atoms with E-state index in [4.69, 9.17) is 15.6 Å². The van der Waals surface area contributed by atoms with E-state index < -0.39 is 36.8 Å². The van der Waals surface area contributed by atoms with Crippen molar-refractivity contribution in [3.63, 3.8) is 0 Å². The van der Waals surface area contributed by atoms with Crippen molar-refractivity contribution in [1.29, 1.82) is 0 Å². The van der Waals surface area contributed by atoms with Gasteiger partial charge in [-0.15, -0.1) is 0 Å². The molecule has 1 saturated heterocycles. The first kappa shape index (κ1) is 12.0. The molecule has 4 atom stereocenters. The average molecular weight is 243 g/mol. The average Bonchev–Trinajstić information content (AvgIpc) is 2.57. The minimum atomic E-state index is -1.31. The van der Waals surface area contributed by atoms with E-state index in [0.717, 1.165) is 4.57 Å². The first-order chi connectivity index (χ1) is 8.04. The van der Waals surface area contributed by atoms with Crippen LogP contribution < -0.4 is 11.4 Å². The predicted molar refractivity (Wildman–Crippen MR) is 55.9 cm³/mol. The summed E-state index contributed by atoms with van der Waals surface area (Å²) in [6.45, 7) is -0.453. The Morgan fingerprint density at radius 2 is 2.18 bits per heavy atom. The van der Waals surface area contributed by atoms with Gasteiger partial charge >= 0.3 is 5.69 Å². The molecule has 94 valence electrons. The van der Waals surface area contributed by atoms with Gasteiger partial charge in [-0.3, -0.25) is 4.57 Å². The van der Waals surface area contributed by atoms with Crippen molar-refractivity contribution in [2.24, 2.45) is 0 Å². The number of aliphatic hydroxyl groups excluding tert-OH is 3. The fourth-order valence-corrected chi connectivity index (χ4v) is 1.73. The quantitative estimate of drug-likeness (QED) is 0.449. The molecular weight excluding hydrogens is 230 g/mol. The predicted octanol–water partition coefficient (Wildman–Crippen LogP) is -2.56. The Labute approximate surface area is 95.9 Å². The lowest BCUT2D eigenvalue weighted by atomic mass is 10.1. The van der Waals surface area contributed by atoms with Gasteiger partial charge in [0.25, 0.3) is 0 Å². The Bertz CT molecular complexity index is 462. The number of nitrogens with zero attached hydrogens (tertiary/aromatic N) is 2. The van der Waals surface area contributed by atoms with Crippen LogP contribution in [-0.2, 0) is 4.74 Å². The Balaban J connectivity index is 2.32. The van der Waals surface area contributed by atoms with E-state index in [0.29, 0.717) is 0 Å². The van der Waals surface area contributed by atoms with Gasteiger partial charge in [-0.1, -0.05) is 0 Å². The maximum absolute atomic E-state index is 11.5. The van der Waals surface area contributed by atoms with E-state index in [1.807, 2.05) is 0 Å². The molecule has 1 fully saturated rings. The zero-order chi connectivity index (χ0) is 12.6. The van der Waals surface area contributed by atoms with E-state index in [9.17, 15) is 15.0 Å². The highest BCUT2D eigenvalue weighted by Gasteiger charge is 2.43. The molecule has 1 aliphatic rings. The molecule has 0 amide bonds. The van der Waals surface area contributed by atoms with Crippen molar-refractivity contribution in [3.8, 4) is 0 Å². The van der Waals surface area contributed by atoms with Gasteiger partial charge < -0.3 is 25.8 Å². The Kier molecular flexibility index (Phi) is 3.11. The number of hydrogen-bond acceptors (Lipinski definition) is 7. The molecule has 1 aromatic rings. The van der Waals surface area contributed by atoms with E-state index in [2.05, 4.69) is 4.98 Å². The van der Waals surface area contributed by atoms with Crippen molar-refractivity contribution >= 4 is 5.82 Å². The van der Waals surface area contributed by atoms with Crippen LogP contribution >= 0.6 is 0 Å². The van der Waals surface area contributed by atoms with Crippen LogP contribution in [0.5, 0.6) is 0 Å². The number of aliphatic hydroxyl groups is 3. The lowest BCUT2D eigenvalue weighted by Gasteiger charge is -2.16. The van der Waals surface area contributed by atoms with E-state index in [1.165, 1.54) is 12.3 Å². The smallest absolute Gasteiger partial charge is 0.351 e. The summed E-state index contributed by atoms with van der Waals surface area (Å²) < 4.78 is 6.19. The molecule has 8 nitrogen and oxygen atoms in total. The maximum Gasteiger partial charge on any atom is 0.351 e. The lowest BCUT2D eigenvalue weighted by Crippen LogP contribution is -2.36. The van der Waals surface area contributed by atoms with Gasteiger partial charge in [0.05, 0.1) is 6.61 Å². The molecule has 0 spiro atoms. The second kappa shape index (κ2) is 4.41. The van der Waals surface area contributed by atoms with Crippen molar-refractivity contribution in [2.75, 3.05) is 12.3 Å². The third kappa shape index (κ3) is 2.03. The number of aromatic nitrogens is 2. The van der Waals surface area contributed by atoms with E-state index in [-0.39, 0.29) is 5.82 Å². The van der Waals surface area contributed by atoms with Crippen LogP contribution in [0, 0.1) is 0 Å². The van der Waals surface area contributed by atoms with Crippen molar-refractivity contribution in [1.82, 2.24) is 9.55 Å². The molecule has 1 aromatic heterocycles. The standard InChI is InChI=1S/C9H13N3O5/c10-5-1-2-12(9(16)11-5)8-7(15)6(14)4(3-13)17-8/h1-2,4,6-8,13-15H,3H2,(H2,10,11,16)/t4-,6+,7?,8-/m0/s1. The summed E-state index contributed by atoms with van der Waals surface area (Å²) in [7, 11) is 0. The van der Waals surface area contributed by atoms with Gasteiger partial charge in [0.1, 0.15) is 24.1 Å². The molecule has 0 bridgehead atoms. The topological polar surface area (TPSA) is 131 Å². The molecular formula is C9H13N3O5. The largest absolute Gasteiger partial charge is 0.394 e. The summed E-state index contributed by atoms with van der Waals surface area (Å²) in [6.07, 6.45) is -3.27. The van der Waals surface area contributed by atoms with Gasteiger partial charge in [-0.25, -0.2) is 4.79 Å². The number of rotatable bonds is 2. The second-order valence-corrected chi connectivity index (χ2v) is 3.77. The fraction of sp³-hybridized carbons (Fsp3) is 0.556. The molecule has 0 aromatic carbocycles. The monoisotopic (exact) mass is 243 g/mol. The first-order valence-corrected chi connectivity index (χ1v) is 5.01. The van der Waals surface area contributed by atoms with Crippen molar-refractivity contribution < 1.29 is 20.1 Å². The molecule has 0 radical (unpaired) electrons. The van der Waals surface area contributed by atoms with Gasteiger partial charge in [0, 0.05) is 6.20 Å². The van der Waals surface area contributed by atoms with Gasteiger partial charge in [-0.05, 0) is 6.07 Å². The Hall–Kier alpha value is -1.48. The van der Waals surface area contributed by atoms with Crippen LogP contribution in [-0.4, -0.2) is 49.8 Å². The van der Waals surface area contributed by atoms with E-state index >= 15 is 0 Å². The Morgan fingerprint density at radius 3 is 2.71 bits per heavy atom. The SMILES string of the molecule is Nc1ccn([C@H]2O[C@@H](CO)[C@@H](O)C2O)c(=O)n1. The van der Waals surface area contributed by atoms with Gasteiger partial charge in [0.15, 0.2) is 6.23 Å². The number of anilines is 1. The van der Waals surface area contributed by atoms with Crippen LogP contribution in [0.1, 0.15) is 6.23 Å². The van der Waals surface area contributed by atoms with Gasteiger partial charge in [0.2, 0.25) is 0 Å². The number of hydrogen-bond donors (Lipinski definition) is 4. The summed E-state index contributed by atoms with van der Waals surface area (Å²) in [6, 6.07) is 1.37. The van der Waals surface area contributed by atoms with Gasteiger partial charge in [-0.2, -0.15) is 4.98 Å². The lowest BCUT2D eigenvalue weighted by molar-refractivity contribution is -0.0549. The molecule has 5 N–H and O–H groups in total. The zero-order valence-electron chi connectivity index (χ0n) is 8.80. The van der Waals surface area contributed by atoms with Crippen LogP contribution in [0.25, 0.3) is 0 Å². The molecule has 2 rings (SSSR count). The third-order valence-corrected chi connectivity index (χ3v) is 2.64.